The van der Waals surface area contributed by atoms with Crippen LogP contribution in [0.3, 0.4) is 0 Å². The second-order valence-corrected chi connectivity index (χ2v) is 4.55. The van der Waals surface area contributed by atoms with Gasteiger partial charge in [-0.3, -0.25) is 0 Å². The van der Waals surface area contributed by atoms with E-state index in [1.807, 2.05) is 19.1 Å². The number of hydrogen-bond acceptors (Lipinski definition) is 2. The fourth-order valence-corrected chi connectivity index (χ4v) is 1.91. The number of benzene rings is 2. The zero-order chi connectivity index (χ0) is 14.5. The lowest BCUT2D eigenvalue weighted by atomic mass is 10.1. The molecule has 20 heavy (non-hydrogen) atoms. The molecule has 0 heterocycles. The Bertz CT molecular complexity index is 630. The molecule has 0 unspecified atom stereocenters. The van der Waals surface area contributed by atoms with Crippen LogP contribution >= 0.6 is 0 Å². The van der Waals surface area contributed by atoms with E-state index in [9.17, 15) is 8.78 Å². The van der Waals surface area contributed by atoms with Gasteiger partial charge >= 0.3 is 0 Å². The first kappa shape index (κ1) is 14.2. The van der Waals surface area contributed by atoms with Crippen molar-refractivity contribution in [1.29, 1.82) is 5.26 Å². The van der Waals surface area contributed by atoms with Crippen molar-refractivity contribution in [3.8, 4) is 6.07 Å². The van der Waals surface area contributed by atoms with Crippen molar-refractivity contribution >= 4 is 0 Å². The molecular weight excluding hydrogens is 258 g/mol. The summed E-state index contributed by atoms with van der Waals surface area (Å²) >= 11 is 0. The highest BCUT2D eigenvalue weighted by Gasteiger charge is 2.09. The molecule has 1 atom stereocenters. The zero-order valence-electron chi connectivity index (χ0n) is 11.0. The molecule has 4 heteroatoms. The van der Waals surface area contributed by atoms with Crippen molar-refractivity contribution in [2.45, 2.75) is 19.5 Å². The Morgan fingerprint density at radius 3 is 2.50 bits per heavy atom. The van der Waals surface area contributed by atoms with Gasteiger partial charge in [-0.1, -0.05) is 24.3 Å². The highest BCUT2D eigenvalue weighted by atomic mass is 19.2. The van der Waals surface area contributed by atoms with E-state index in [0.29, 0.717) is 11.1 Å². The average molecular weight is 272 g/mol. The number of hydrogen-bond donors (Lipinski definition) is 1. The molecule has 1 N–H and O–H groups in total. The number of rotatable bonds is 4. The van der Waals surface area contributed by atoms with Crippen molar-refractivity contribution in [1.82, 2.24) is 5.32 Å². The summed E-state index contributed by atoms with van der Waals surface area (Å²) in [6, 6.07) is 13.3. The molecule has 0 aliphatic heterocycles. The number of nitriles is 1. The van der Waals surface area contributed by atoms with Crippen LogP contribution in [-0.4, -0.2) is 0 Å². The maximum atomic E-state index is 13.5. The average Bonchev–Trinajstić information content (AvgIpc) is 2.48. The summed E-state index contributed by atoms with van der Waals surface area (Å²) in [4.78, 5) is 0. The topological polar surface area (TPSA) is 35.8 Å². The Morgan fingerprint density at radius 2 is 1.85 bits per heavy atom. The normalized spacial score (nSPS) is 11.9. The quantitative estimate of drug-likeness (QED) is 0.921. The van der Waals surface area contributed by atoms with Crippen molar-refractivity contribution in [3.05, 3.63) is 70.8 Å². The fourth-order valence-electron chi connectivity index (χ4n) is 1.91. The Labute approximate surface area is 116 Å². The minimum atomic E-state index is -0.838. The van der Waals surface area contributed by atoms with E-state index in [2.05, 4.69) is 11.4 Å². The van der Waals surface area contributed by atoms with Crippen molar-refractivity contribution in [3.63, 3.8) is 0 Å². The summed E-state index contributed by atoms with van der Waals surface area (Å²) in [6.07, 6.45) is 0. The molecule has 2 nitrogen and oxygen atoms in total. The summed E-state index contributed by atoms with van der Waals surface area (Å²) < 4.78 is 26.6. The van der Waals surface area contributed by atoms with Gasteiger partial charge in [0.05, 0.1) is 11.6 Å². The number of nitrogens with one attached hydrogen (secondary N) is 1. The molecule has 0 radical (unpaired) electrons. The van der Waals surface area contributed by atoms with Crippen LogP contribution < -0.4 is 5.32 Å². The summed E-state index contributed by atoms with van der Waals surface area (Å²) in [6.45, 7) is 2.17. The predicted molar refractivity (Wildman–Crippen MR) is 72.8 cm³/mol. The van der Waals surface area contributed by atoms with Gasteiger partial charge in [-0.15, -0.1) is 0 Å². The summed E-state index contributed by atoms with van der Waals surface area (Å²) in [5, 5.41) is 11.9. The van der Waals surface area contributed by atoms with Crippen LogP contribution in [0.15, 0.2) is 42.5 Å². The lowest BCUT2D eigenvalue weighted by Crippen LogP contribution is -2.19. The van der Waals surface area contributed by atoms with E-state index >= 15 is 0 Å². The molecule has 0 aromatic heterocycles. The third-order valence-corrected chi connectivity index (χ3v) is 3.17. The molecule has 0 aliphatic carbocycles. The van der Waals surface area contributed by atoms with Gasteiger partial charge in [0.2, 0.25) is 0 Å². The van der Waals surface area contributed by atoms with E-state index in [1.165, 1.54) is 6.07 Å². The summed E-state index contributed by atoms with van der Waals surface area (Å²) in [7, 11) is 0. The van der Waals surface area contributed by atoms with Crippen LogP contribution in [0.5, 0.6) is 0 Å². The van der Waals surface area contributed by atoms with Gasteiger partial charge in [-0.2, -0.15) is 5.26 Å². The lowest BCUT2D eigenvalue weighted by molar-refractivity contribution is 0.484. The molecule has 0 saturated heterocycles. The van der Waals surface area contributed by atoms with Crippen LogP contribution in [0.1, 0.15) is 29.7 Å². The van der Waals surface area contributed by atoms with Gasteiger partial charge in [-0.25, -0.2) is 8.78 Å². The summed E-state index contributed by atoms with van der Waals surface area (Å²) in [5.74, 6) is -1.65. The van der Waals surface area contributed by atoms with Gasteiger partial charge in [0.15, 0.2) is 11.6 Å². The van der Waals surface area contributed by atoms with Crippen LogP contribution in [0, 0.1) is 23.0 Å². The van der Waals surface area contributed by atoms with E-state index in [1.54, 1.807) is 18.2 Å². The molecule has 2 aromatic rings. The Morgan fingerprint density at radius 1 is 1.15 bits per heavy atom. The third-order valence-electron chi connectivity index (χ3n) is 3.17. The molecular formula is C16H14F2N2. The monoisotopic (exact) mass is 272 g/mol. The molecule has 0 spiro atoms. The first-order valence-corrected chi connectivity index (χ1v) is 6.28. The van der Waals surface area contributed by atoms with Crippen molar-refractivity contribution in [2.75, 3.05) is 0 Å². The van der Waals surface area contributed by atoms with Crippen LogP contribution in [-0.2, 0) is 6.54 Å². The molecule has 0 amide bonds. The Hall–Kier alpha value is -2.25. The van der Waals surface area contributed by atoms with Gasteiger partial charge < -0.3 is 5.32 Å². The third kappa shape index (κ3) is 3.19. The highest BCUT2D eigenvalue weighted by molar-refractivity contribution is 5.32. The molecule has 0 bridgehead atoms. The maximum Gasteiger partial charge on any atom is 0.163 e. The number of halogens is 2. The smallest absolute Gasteiger partial charge is 0.163 e. The van der Waals surface area contributed by atoms with E-state index < -0.39 is 11.6 Å². The fraction of sp³-hybridized carbons (Fsp3) is 0.188. The molecule has 0 saturated carbocycles. The second-order valence-electron chi connectivity index (χ2n) is 4.55. The van der Waals surface area contributed by atoms with E-state index in [0.717, 1.165) is 11.6 Å². The van der Waals surface area contributed by atoms with Crippen molar-refractivity contribution < 1.29 is 8.78 Å². The Balaban J connectivity index is 2.03. The van der Waals surface area contributed by atoms with Crippen LogP contribution in [0.2, 0.25) is 0 Å². The maximum absolute atomic E-state index is 13.5. The predicted octanol–water partition coefficient (Wildman–Crippen LogP) is 3.69. The van der Waals surface area contributed by atoms with Crippen LogP contribution in [0.25, 0.3) is 0 Å². The summed E-state index contributed by atoms with van der Waals surface area (Å²) in [5.41, 5.74) is 1.88. The minimum absolute atomic E-state index is 0.0228. The molecule has 0 aliphatic rings. The first-order chi connectivity index (χ1) is 9.61. The lowest BCUT2D eigenvalue weighted by Gasteiger charge is -2.14. The first-order valence-electron chi connectivity index (χ1n) is 6.28. The van der Waals surface area contributed by atoms with E-state index in [4.69, 9.17) is 5.26 Å². The number of nitrogens with zero attached hydrogens (tertiary/aromatic N) is 1. The minimum Gasteiger partial charge on any atom is -0.306 e. The zero-order valence-corrected chi connectivity index (χ0v) is 11.0. The largest absolute Gasteiger partial charge is 0.306 e. The Kier molecular flexibility index (Phi) is 4.44. The standard InChI is InChI=1S/C16H14F2N2/c1-11(13-7-5-12(9-19)6-8-13)20-10-14-3-2-4-15(17)16(14)18/h2-8,11,20H,10H2,1H3/t11-/m1/s1. The molecule has 2 rings (SSSR count). The highest BCUT2D eigenvalue weighted by Crippen LogP contribution is 2.16. The SMILES string of the molecule is C[C@@H](NCc1cccc(F)c1F)c1ccc(C#N)cc1. The van der Waals surface area contributed by atoms with Gasteiger partial charge in [0.25, 0.3) is 0 Å². The van der Waals surface area contributed by atoms with Gasteiger partial charge in [-0.05, 0) is 30.7 Å². The molecule has 2 aromatic carbocycles. The van der Waals surface area contributed by atoms with Crippen molar-refractivity contribution in [2.24, 2.45) is 0 Å². The van der Waals surface area contributed by atoms with Gasteiger partial charge in [0.1, 0.15) is 0 Å². The van der Waals surface area contributed by atoms with E-state index in [-0.39, 0.29) is 12.6 Å². The second kappa shape index (κ2) is 6.27. The van der Waals surface area contributed by atoms with Crippen LogP contribution in [0.4, 0.5) is 8.78 Å². The van der Waals surface area contributed by atoms with Gasteiger partial charge in [0, 0.05) is 18.2 Å². The molecule has 102 valence electrons. The molecule has 0 fully saturated rings.